The summed E-state index contributed by atoms with van der Waals surface area (Å²) in [5, 5.41) is 0. The summed E-state index contributed by atoms with van der Waals surface area (Å²) in [7, 11) is 0. The van der Waals surface area contributed by atoms with Gasteiger partial charge < -0.3 is 9.47 Å². The zero-order valence-corrected chi connectivity index (χ0v) is 10.3. The number of benzene rings is 1. The maximum Gasteiger partial charge on any atom is 0.216 e. The van der Waals surface area contributed by atoms with Gasteiger partial charge in [0.1, 0.15) is 6.61 Å². The SMILES string of the molecule is c1cc(C2=NCCO2)ccc1C1=NCCCCO1. The van der Waals surface area contributed by atoms with E-state index in [4.69, 9.17) is 9.47 Å². The average Bonchev–Trinajstić information content (AvgIpc) is 2.82. The molecule has 0 aromatic heterocycles. The molecule has 1 aromatic rings. The van der Waals surface area contributed by atoms with Crippen LogP contribution in [0.25, 0.3) is 0 Å². The standard InChI is InChI=1S/C14H16N2O2/c1-2-9-17-13(15-7-1)11-3-5-12(6-4-11)14-16-8-10-18-14/h3-6H,1-2,7-10H2. The fourth-order valence-corrected chi connectivity index (χ4v) is 2.05. The third kappa shape index (κ3) is 2.37. The van der Waals surface area contributed by atoms with Crippen LogP contribution >= 0.6 is 0 Å². The molecule has 0 amide bonds. The summed E-state index contributed by atoms with van der Waals surface area (Å²) in [5.74, 6) is 1.50. The first-order chi connectivity index (χ1) is 8.93. The molecule has 0 saturated carbocycles. The van der Waals surface area contributed by atoms with Gasteiger partial charge in [0.15, 0.2) is 0 Å². The van der Waals surface area contributed by atoms with Crippen LogP contribution < -0.4 is 0 Å². The molecule has 2 aliphatic heterocycles. The van der Waals surface area contributed by atoms with E-state index in [1.807, 2.05) is 24.3 Å². The van der Waals surface area contributed by atoms with Gasteiger partial charge in [0.05, 0.1) is 13.2 Å². The van der Waals surface area contributed by atoms with Gasteiger partial charge in [-0.1, -0.05) is 0 Å². The summed E-state index contributed by atoms with van der Waals surface area (Å²) in [4.78, 5) is 8.75. The van der Waals surface area contributed by atoms with Gasteiger partial charge in [0.25, 0.3) is 0 Å². The summed E-state index contributed by atoms with van der Waals surface area (Å²) in [6.07, 6.45) is 2.18. The number of aliphatic imine (C=N–C) groups is 2. The smallest absolute Gasteiger partial charge is 0.216 e. The van der Waals surface area contributed by atoms with Gasteiger partial charge in [0, 0.05) is 17.7 Å². The van der Waals surface area contributed by atoms with E-state index in [-0.39, 0.29) is 0 Å². The van der Waals surface area contributed by atoms with Crippen molar-refractivity contribution in [1.82, 2.24) is 0 Å². The lowest BCUT2D eigenvalue weighted by atomic mass is 10.1. The Balaban J connectivity index is 1.79. The number of hydrogen-bond acceptors (Lipinski definition) is 4. The predicted molar refractivity (Wildman–Crippen MR) is 70.4 cm³/mol. The maximum absolute atomic E-state index is 5.64. The van der Waals surface area contributed by atoms with Crippen LogP contribution in [-0.2, 0) is 9.47 Å². The first kappa shape index (κ1) is 11.3. The predicted octanol–water partition coefficient (Wildman–Crippen LogP) is 2.02. The van der Waals surface area contributed by atoms with Crippen molar-refractivity contribution in [3.8, 4) is 0 Å². The van der Waals surface area contributed by atoms with Crippen LogP contribution in [0, 0.1) is 0 Å². The zero-order valence-electron chi connectivity index (χ0n) is 10.3. The van der Waals surface area contributed by atoms with E-state index in [0.29, 0.717) is 6.61 Å². The van der Waals surface area contributed by atoms with Crippen molar-refractivity contribution >= 4 is 11.8 Å². The van der Waals surface area contributed by atoms with Crippen molar-refractivity contribution in [2.45, 2.75) is 12.8 Å². The molecular weight excluding hydrogens is 228 g/mol. The van der Waals surface area contributed by atoms with Crippen LogP contribution in [0.3, 0.4) is 0 Å². The van der Waals surface area contributed by atoms with E-state index < -0.39 is 0 Å². The van der Waals surface area contributed by atoms with Crippen LogP contribution in [-0.4, -0.2) is 38.1 Å². The Kier molecular flexibility index (Phi) is 3.26. The van der Waals surface area contributed by atoms with Crippen molar-refractivity contribution in [1.29, 1.82) is 0 Å². The van der Waals surface area contributed by atoms with Gasteiger partial charge in [-0.2, -0.15) is 0 Å². The summed E-state index contributed by atoms with van der Waals surface area (Å²) < 4.78 is 11.1. The molecule has 0 saturated heterocycles. The lowest BCUT2D eigenvalue weighted by Crippen LogP contribution is -2.07. The minimum atomic E-state index is 0.687. The third-order valence-electron chi connectivity index (χ3n) is 3.01. The minimum absolute atomic E-state index is 0.687. The molecule has 0 spiro atoms. The quantitative estimate of drug-likeness (QED) is 0.798. The van der Waals surface area contributed by atoms with Crippen molar-refractivity contribution in [3.63, 3.8) is 0 Å². The Hall–Kier alpha value is -1.84. The fourth-order valence-electron chi connectivity index (χ4n) is 2.05. The molecule has 4 nitrogen and oxygen atoms in total. The molecule has 0 unspecified atom stereocenters. The minimum Gasteiger partial charge on any atom is -0.477 e. The third-order valence-corrected chi connectivity index (χ3v) is 3.01. The molecule has 4 heteroatoms. The fraction of sp³-hybridized carbons (Fsp3) is 0.429. The van der Waals surface area contributed by atoms with Gasteiger partial charge in [-0.25, -0.2) is 4.99 Å². The van der Waals surface area contributed by atoms with E-state index in [0.717, 1.165) is 55.5 Å². The zero-order chi connectivity index (χ0) is 12.2. The monoisotopic (exact) mass is 244 g/mol. The Morgan fingerprint density at radius 1 is 0.722 bits per heavy atom. The molecule has 18 heavy (non-hydrogen) atoms. The lowest BCUT2D eigenvalue weighted by Gasteiger charge is -2.07. The summed E-state index contributed by atoms with van der Waals surface area (Å²) in [6.45, 7) is 3.06. The first-order valence-electron chi connectivity index (χ1n) is 6.39. The van der Waals surface area contributed by atoms with E-state index in [2.05, 4.69) is 9.98 Å². The summed E-state index contributed by atoms with van der Waals surface area (Å²) in [6, 6.07) is 8.06. The van der Waals surface area contributed by atoms with Crippen molar-refractivity contribution < 1.29 is 9.47 Å². The van der Waals surface area contributed by atoms with Crippen LogP contribution in [0.2, 0.25) is 0 Å². The lowest BCUT2D eigenvalue weighted by molar-refractivity contribution is 0.306. The van der Waals surface area contributed by atoms with Crippen molar-refractivity contribution in [2.75, 3.05) is 26.3 Å². The van der Waals surface area contributed by atoms with Crippen LogP contribution in [0.5, 0.6) is 0 Å². The Bertz CT molecular complexity index is 477. The normalized spacial score (nSPS) is 19.3. The molecule has 3 rings (SSSR count). The van der Waals surface area contributed by atoms with Gasteiger partial charge in [-0.3, -0.25) is 4.99 Å². The molecule has 1 aromatic carbocycles. The second kappa shape index (κ2) is 5.21. The molecule has 0 fully saturated rings. The summed E-state index contributed by atoms with van der Waals surface area (Å²) in [5.41, 5.74) is 2.05. The number of rotatable bonds is 2. The van der Waals surface area contributed by atoms with Gasteiger partial charge >= 0.3 is 0 Å². The van der Waals surface area contributed by atoms with Crippen LogP contribution in [0.4, 0.5) is 0 Å². The second-order valence-electron chi connectivity index (χ2n) is 4.36. The Morgan fingerprint density at radius 3 is 1.94 bits per heavy atom. The second-order valence-corrected chi connectivity index (χ2v) is 4.36. The maximum atomic E-state index is 5.64. The number of hydrogen-bond donors (Lipinski definition) is 0. The van der Waals surface area contributed by atoms with Crippen molar-refractivity contribution in [2.24, 2.45) is 9.98 Å². The van der Waals surface area contributed by atoms with Crippen LogP contribution in [0.15, 0.2) is 34.3 Å². The molecule has 94 valence electrons. The van der Waals surface area contributed by atoms with Crippen molar-refractivity contribution in [3.05, 3.63) is 35.4 Å². The Morgan fingerprint density at radius 2 is 1.33 bits per heavy atom. The first-order valence-corrected chi connectivity index (χ1v) is 6.39. The van der Waals surface area contributed by atoms with E-state index in [1.54, 1.807) is 0 Å². The van der Waals surface area contributed by atoms with E-state index >= 15 is 0 Å². The largest absolute Gasteiger partial charge is 0.477 e. The molecule has 0 radical (unpaired) electrons. The highest BCUT2D eigenvalue weighted by Crippen LogP contribution is 2.12. The van der Waals surface area contributed by atoms with Gasteiger partial charge in [-0.15, -0.1) is 0 Å². The molecule has 0 aliphatic carbocycles. The molecular formula is C14H16N2O2. The van der Waals surface area contributed by atoms with Gasteiger partial charge in [-0.05, 0) is 37.1 Å². The number of ether oxygens (including phenoxy) is 2. The highest BCUT2D eigenvalue weighted by molar-refractivity contribution is 5.98. The van der Waals surface area contributed by atoms with E-state index in [9.17, 15) is 0 Å². The highest BCUT2D eigenvalue weighted by atomic mass is 16.5. The topological polar surface area (TPSA) is 43.2 Å². The highest BCUT2D eigenvalue weighted by Gasteiger charge is 2.12. The molecule has 2 aliphatic rings. The molecule has 0 bridgehead atoms. The van der Waals surface area contributed by atoms with Crippen LogP contribution in [0.1, 0.15) is 24.0 Å². The molecule has 2 heterocycles. The van der Waals surface area contributed by atoms with E-state index in [1.165, 1.54) is 0 Å². The number of nitrogens with zero attached hydrogens (tertiary/aromatic N) is 2. The van der Waals surface area contributed by atoms with Gasteiger partial charge in [0.2, 0.25) is 11.8 Å². The average molecular weight is 244 g/mol. The Labute approximate surface area is 106 Å². The molecule has 0 N–H and O–H groups in total. The summed E-state index contributed by atoms with van der Waals surface area (Å²) >= 11 is 0. The molecule has 0 atom stereocenters.